The topological polar surface area (TPSA) is 56.8 Å². The lowest BCUT2D eigenvalue weighted by Gasteiger charge is -2.17. The predicted octanol–water partition coefficient (Wildman–Crippen LogP) is 4.30. The molecule has 0 saturated carbocycles. The summed E-state index contributed by atoms with van der Waals surface area (Å²) in [5, 5.41) is 2.97. The molecule has 0 fully saturated rings. The van der Waals surface area contributed by atoms with E-state index in [4.69, 9.17) is 14.2 Å². The fourth-order valence-electron chi connectivity index (χ4n) is 2.77. The Hall–Kier alpha value is -2.95. The van der Waals surface area contributed by atoms with Crippen LogP contribution in [0.1, 0.15) is 36.6 Å². The van der Waals surface area contributed by atoms with Crippen LogP contribution in [0.4, 0.5) is 0 Å². The van der Waals surface area contributed by atoms with Gasteiger partial charge < -0.3 is 19.5 Å². The number of methoxy groups -OCH3 is 2. The van der Waals surface area contributed by atoms with E-state index in [0.29, 0.717) is 18.1 Å². The number of hydrogen-bond donors (Lipinski definition) is 1. The summed E-state index contributed by atoms with van der Waals surface area (Å²) >= 11 is 0. The molecule has 1 atom stereocenters. The van der Waals surface area contributed by atoms with E-state index < -0.39 is 0 Å². The minimum atomic E-state index is -0.181. The minimum Gasteiger partial charge on any atom is -0.496 e. The third-order valence-electron chi connectivity index (χ3n) is 4.13. The van der Waals surface area contributed by atoms with E-state index in [0.717, 1.165) is 22.4 Å². The summed E-state index contributed by atoms with van der Waals surface area (Å²) in [6, 6.07) is 11.3. The molecular formula is C22H27NO4. The molecule has 5 heteroatoms. The monoisotopic (exact) mass is 369 g/mol. The first-order valence-corrected chi connectivity index (χ1v) is 8.92. The van der Waals surface area contributed by atoms with Crippen LogP contribution in [0.25, 0.3) is 6.08 Å². The predicted molar refractivity (Wildman–Crippen MR) is 107 cm³/mol. The normalized spacial score (nSPS) is 11.9. The maximum absolute atomic E-state index is 12.3. The molecule has 0 aliphatic heterocycles. The number of amides is 1. The van der Waals surface area contributed by atoms with Crippen molar-refractivity contribution in [3.05, 3.63) is 59.2 Å². The van der Waals surface area contributed by atoms with Gasteiger partial charge in [0, 0.05) is 11.6 Å². The highest BCUT2D eigenvalue weighted by Gasteiger charge is 2.13. The summed E-state index contributed by atoms with van der Waals surface area (Å²) in [6.45, 7) is 6.40. The number of carbonyl (C=O) groups excluding carboxylic acids is 1. The van der Waals surface area contributed by atoms with Gasteiger partial charge in [-0.3, -0.25) is 4.79 Å². The molecule has 2 rings (SSSR count). The Bertz CT molecular complexity index is 814. The molecule has 2 aromatic rings. The summed E-state index contributed by atoms with van der Waals surface area (Å²) in [6.07, 6.45) is 3.26. The third kappa shape index (κ3) is 5.51. The van der Waals surface area contributed by atoms with Crippen molar-refractivity contribution in [2.24, 2.45) is 0 Å². The van der Waals surface area contributed by atoms with Gasteiger partial charge in [0.05, 0.1) is 26.9 Å². The molecule has 5 nitrogen and oxygen atoms in total. The van der Waals surface area contributed by atoms with Crippen molar-refractivity contribution in [1.29, 1.82) is 0 Å². The van der Waals surface area contributed by atoms with E-state index in [1.807, 2.05) is 57.2 Å². The molecule has 144 valence electrons. The van der Waals surface area contributed by atoms with E-state index in [9.17, 15) is 4.79 Å². The Morgan fingerprint density at radius 3 is 2.44 bits per heavy atom. The van der Waals surface area contributed by atoms with Crippen LogP contribution in [-0.2, 0) is 4.79 Å². The number of nitrogens with one attached hydrogen (secondary N) is 1. The molecule has 0 saturated heterocycles. The Morgan fingerprint density at radius 1 is 1.07 bits per heavy atom. The minimum absolute atomic E-state index is 0.174. The standard InChI is InChI=1S/C22H27NO4/c1-6-27-21-14-17(8-11-20(21)26-5)9-12-22(24)23-16(3)18-13-15(2)7-10-19(18)25-4/h7-14,16H,6H2,1-5H3,(H,23,24)/b12-9+/t16-/m1/s1. The second kappa shape index (κ2) is 9.67. The zero-order chi connectivity index (χ0) is 19.8. The fraction of sp³-hybridized carbons (Fsp3) is 0.318. The Kier molecular flexibility index (Phi) is 7.29. The summed E-state index contributed by atoms with van der Waals surface area (Å²) < 4.78 is 16.2. The van der Waals surface area contributed by atoms with Gasteiger partial charge in [-0.2, -0.15) is 0 Å². The molecule has 27 heavy (non-hydrogen) atoms. The molecule has 2 aromatic carbocycles. The lowest BCUT2D eigenvalue weighted by Crippen LogP contribution is -2.25. The van der Waals surface area contributed by atoms with E-state index in [-0.39, 0.29) is 11.9 Å². The highest BCUT2D eigenvalue weighted by Crippen LogP contribution is 2.29. The largest absolute Gasteiger partial charge is 0.496 e. The first-order valence-electron chi connectivity index (χ1n) is 8.92. The molecule has 0 bridgehead atoms. The van der Waals surface area contributed by atoms with Crippen LogP contribution < -0.4 is 19.5 Å². The molecule has 0 aromatic heterocycles. The van der Waals surface area contributed by atoms with Crippen LogP contribution >= 0.6 is 0 Å². The maximum atomic E-state index is 12.3. The Balaban J connectivity index is 2.09. The number of ether oxygens (including phenoxy) is 3. The van der Waals surface area contributed by atoms with Crippen LogP contribution in [-0.4, -0.2) is 26.7 Å². The molecule has 0 heterocycles. The molecule has 0 aliphatic rings. The summed E-state index contributed by atoms with van der Waals surface area (Å²) in [7, 11) is 3.23. The number of carbonyl (C=O) groups is 1. The van der Waals surface area contributed by atoms with Crippen LogP contribution in [0.3, 0.4) is 0 Å². The second-order valence-electron chi connectivity index (χ2n) is 6.15. The molecule has 0 spiro atoms. The van der Waals surface area contributed by atoms with Crippen molar-refractivity contribution in [2.75, 3.05) is 20.8 Å². The maximum Gasteiger partial charge on any atom is 0.244 e. The first-order chi connectivity index (χ1) is 13.0. The van der Waals surface area contributed by atoms with Crippen molar-refractivity contribution in [3.8, 4) is 17.2 Å². The van der Waals surface area contributed by atoms with Gasteiger partial charge in [0.2, 0.25) is 5.91 Å². The number of hydrogen-bond acceptors (Lipinski definition) is 4. The van der Waals surface area contributed by atoms with Crippen molar-refractivity contribution in [1.82, 2.24) is 5.32 Å². The molecule has 0 radical (unpaired) electrons. The third-order valence-corrected chi connectivity index (χ3v) is 4.13. The zero-order valence-electron chi connectivity index (χ0n) is 16.5. The fourth-order valence-corrected chi connectivity index (χ4v) is 2.77. The van der Waals surface area contributed by atoms with Crippen molar-refractivity contribution >= 4 is 12.0 Å². The van der Waals surface area contributed by atoms with Gasteiger partial charge in [-0.1, -0.05) is 23.8 Å². The number of benzene rings is 2. The zero-order valence-corrected chi connectivity index (χ0v) is 16.5. The van der Waals surface area contributed by atoms with Gasteiger partial charge in [-0.15, -0.1) is 0 Å². The van der Waals surface area contributed by atoms with Crippen molar-refractivity contribution in [2.45, 2.75) is 26.8 Å². The Morgan fingerprint density at radius 2 is 1.78 bits per heavy atom. The average Bonchev–Trinajstić information content (AvgIpc) is 2.66. The van der Waals surface area contributed by atoms with Gasteiger partial charge in [0.1, 0.15) is 5.75 Å². The number of aryl methyl sites for hydroxylation is 1. The molecule has 1 amide bonds. The van der Waals surface area contributed by atoms with E-state index >= 15 is 0 Å². The van der Waals surface area contributed by atoms with Gasteiger partial charge in [0.25, 0.3) is 0 Å². The quantitative estimate of drug-likeness (QED) is 0.705. The van der Waals surface area contributed by atoms with Gasteiger partial charge in [-0.25, -0.2) is 0 Å². The lowest BCUT2D eigenvalue weighted by atomic mass is 10.0. The average molecular weight is 369 g/mol. The van der Waals surface area contributed by atoms with E-state index in [2.05, 4.69) is 5.32 Å². The van der Waals surface area contributed by atoms with Crippen molar-refractivity contribution < 1.29 is 19.0 Å². The van der Waals surface area contributed by atoms with E-state index in [1.165, 1.54) is 6.08 Å². The molecule has 0 unspecified atom stereocenters. The van der Waals surface area contributed by atoms with E-state index in [1.54, 1.807) is 20.3 Å². The van der Waals surface area contributed by atoms with Crippen LogP contribution in [0.2, 0.25) is 0 Å². The SMILES string of the molecule is CCOc1cc(/C=C/C(=O)N[C@H](C)c2cc(C)ccc2OC)ccc1OC. The van der Waals surface area contributed by atoms with Gasteiger partial charge in [0.15, 0.2) is 11.5 Å². The van der Waals surface area contributed by atoms with Gasteiger partial charge >= 0.3 is 0 Å². The smallest absolute Gasteiger partial charge is 0.244 e. The second-order valence-corrected chi connectivity index (χ2v) is 6.15. The summed E-state index contributed by atoms with van der Waals surface area (Å²) in [4.78, 5) is 12.3. The molecule has 0 aliphatic carbocycles. The molecular weight excluding hydrogens is 342 g/mol. The van der Waals surface area contributed by atoms with Gasteiger partial charge in [-0.05, 0) is 50.6 Å². The highest BCUT2D eigenvalue weighted by molar-refractivity contribution is 5.92. The van der Waals surface area contributed by atoms with Crippen LogP contribution in [0, 0.1) is 6.92 Å². The first kappa shape index (κ1) is 20.4. The Labute approximate surface area is 161 Å². The van der Waals surface area contributed by atoms with Crippen LogP contribution in [0.15, 0.2) is 42.5 Å². The lowest BCUT2D eigenvalue weighted by molar-refractivity contribution is -0.117. The highest BCUT2D eigenvalue weighted by atomic mass is 16.5. The number of rotatable bonds is 8. The molecule has 1 N–H and O–H groups in total. The van der Waals surface area contributed by atoms with Crippen molar-refractivity contribution in [3.63, 3.8) is 0 Å². The summed E-state index contributed by atoms with van der Waals surface area (Å²) in [5.41, 5.74) is 2.92. The summed E-state index contributed by atoms with van der Waals surface area (Å²) in [5.74, 6) is 1.90. The van der Waals surface area contributed by atoms with Crippen LogP contribution in [0.5, 0.6) is 17.2 Å².